The summed E-state index contributed by atoms with van der Waals surface area (Å²) in [4.78, 5) is 10.8. The third-order valence-electron chi connectivity index (χ3n) is 2.93. The highest BCUT2D eigenvalue weighted by Crippen LogP contribution is 2.31. The molecule has 1 aliphatic rings. The average Bonchev–Trinajstić information content (AvgIpc) is 2.70. The fraction of sp³-hybridized carbons (Fsp3) is 0.417. The van der Waals surface area contributed by atoms with Gasteiger partial charge in [0.2, 0.25) is 0 Å². The first-order valence-corrected chi connectivity index (χ1v) is 6.34. The SMILES string of the molecule is O=C(O)c1ccc(O[C@H]2CC[C@@H](O)C2)c(F)c1Br. The predicted octanol–water partition coefficient (Wildman–Crippen LogP) is 2.58. The monoisotopic (exact) mass is 318 g/mol. The summed E-state index contributed by atoms with van der Waals surface area (Å²) in [6.45, 7) is 0. The van der Waals surface area contributed by atoms with Gasteiger partial charge in [-0.05, 0) is 40.9 Å². The van der Waals surface area contributed by atoms with Gasteiger partial charge in [0.15, 0.2) is 11.6 Å². The second-order valence-corrected chi connectivity index (χ2v) is 5.04. The molecule has 98 valence electrons. The number of carboxylic acids is 1. The minimum atomic E-state index is -1.20. The number of aliphatic hydroxyl groups is 1. The Morgan fingerprint density at radius 1 is 1.44 bits per heavy atom. The summed E-state index contributed by atoms with van der Waals surface area (Å²) in [5.41, 5.74) is -0.147. The van der Waals surface area contributed by atoms with Crippen molar-refractivity contribution in [1.82, 2.24) is 0 Å². The van der Waals surface area contributed by atoms with Gasteiger partial charge < -0.3 is 14.9 Å². The number of aromatic carboxylic acids is 1. The third-order valence-corrected chi connectivity index (χ3v) is 3.70. The molecule has 6 heteroatoms. The van der Waals surface area contributed by atoms with Crippen molar-refractivity contribution in [3.05, 3.63) is 28.0 Å². The van der Waals surface area contributed by atoms with Crippen LogP contribution in [-0.4, -0.2) is 28.4 Å². The molecule has 0 radical (unpaired) electrons. The van der Waals surface area contributed by atoms with Gasteiger partial charge in [0, 0.05) is 6.42 Å². The van der Waals surface area contributed by atoms with Crippen LogP contribution in [0.25, 0.3) is 0 Å². The Kier molecular flexibility index (Phi) is 3.87. The Bertz CT molecular complexity index is 477. The fourth-order valence-corrected chi connectivity index (χ4v) is 2.49. The number of aliphatic hydroxyl groups excluding tert-OH is 1. The maximum Gasteiger partial charge on any atom is 0.336 e. The highest BCUT2D eigenvalue weighted by molar-refractivity contribution is 9.10. The molecule has 1 aliphatic carbocycles. The van der Waals surface area contributed by atoms with E-state index < -0.39 is 17.9 Å². The number of benzene rings is 1. The first-order chi connectivity index (χ1) is 8.49. The summed E-state index contributed by atoms with van der Waals surface area (Å²) in [5.74, 6) is -1.93. The molecule has 1 aromatic carbocycles. The molecule has 0 spiro atoms. The molecule has 2 atom stereocenters. The van der Waals surface area contributed by atoms with E-state index >= 15 is 0 Å². The van der Waals surface area contributed by atoms with Gasteiger partial charge in [-0.1, -0.05) is 0 Å². The van der Waals surface area contributed by atoms with E-state index in [4.69, 9.17) is 9.84 Å². The summed E-state index contributed by atoms with van der Waals surface area (Å²) in [6.07, 6.45) is 1.15. The Hall–Kier alpha value is -1.14. The molecule has 0 bridgehead atoms. The number of carboxylic acid groups (broad SMARTS) is 1. The molecule has 1 fully saturated rings. The van der Waals surface area contributed by atoms with Crippen LogP contribution in [-0.2, 0) is 0 Å². The van der Waals surface area contributed by atoms with E-state index in [0.717, 1.165) is 0 Å². The normalized spacial score (nSPS) is 23.1. The molecule has 0 amide bonds. The second-order valence-electron chi connectivity index (χ2n) is 4.25. The maximum absolute atomic E-state index is 13.9. The molecule has 2 N–H and O–H groups in total. The van der Waals surface area contributed by atoms with Crippen LogP contribution in [0.1, 0.15) is 29.6 Å². The number of carbonyl (C=O) groups is 1. The van der Waals surface area contributed by atoms with Gasteiger partial charge in [-0.2, -0.15) is 0 Å². The van der Waals surface area contributed by atoms with Crippen LogP contribution < -0.4 is 4.74 Å². The van der Waals surface area contributed by atoms with Crippen molar-refractivity contribution in [2.24, 2.45) is 0 Å². The van der Waals surface area contributed by atoms with Crippen LogP contribution >= 0.6 is 15.9 Å². The molecule has 1 aromatic rings. The summed E-state index contributed by atoms with van der Waals surface area (Å²) in [6, 6.07) is 2.59. The van der Waals surface area contributed by atoms with E-state index in [1.54, 1.807) is 0 Å². The van der Waals surface area contributed by atoms with Gasteiger partial charge >= 0.3 is 5.97 Å². The lowest BCUT2D eigenvalue weighted by Crippen LogP contribution is -2.14. The largest absolute Gasteiger partial charge is 0.487 e. The minimum Gasteiger partial charge on any atom is -0.487 e. The zero-order valence-electron chi connectivity index (χ0n) is 9.40. The van der Waals surface area contributed by atoms with Crippen molar-refractivity contribution in [3.63, 3.8) is 0 Å². The lowest BCUT2D eigenvalue weighted by atomic mass is 10.2. The smallest absolute Gasteiger partial charge is 0.336 e. The lowest BCUT2D eigenvalue weighted by molar-refractivity contribution is 0.0695. The molecular weight excluding hydrogens is 307 g/mol. The summed E-state index contributed by atoms with van der Waals surface area (Å²) in [7, 11) is 0. The van der Waals surface area contributed by atoms with Crippen molar-refractivity contribution in [2.75, 3.05) is 0 Å². The topological polar surface area (TPSA) is 66.8 Å². The predicted molar refractivity (Wildman–Crippen MR) is 65.3 cm³/mol. The van der Waals surface area contributed by atoms with Crippen molar-refractivity contribution in [1.29, 1.82) is 0 Å². The van der Waals surface area contributed by atoms with Gasteiger partial charge in [-0.3, -0.25) is 0 Å². The molecule has 0 unspecified atom stereocenters. The number of ether oxygens (including phenoxy) is 1. The zero-order chi connectivity index (χ0) is 13.3. The van der Waals surface area contributed by atoms with Crippen LogP contribution in [0.4, 0.5) is 4.39 Å². The van der Waals surface area contributed by atoms with Crippen molar-refractivity contribution >= 4 is 21.9 Å². The van der Waals surface area contributed by atoms with Gasteiger partial charge in [-0.15, -0.1) is 0 Å². The molecule has 0 saturated heterocycles. The summed E-state index contributed by atoms with van der Waals surface area (Å²) >= 11 is 2.91. The van der Waals surface area contributed by atoms with E-state index in [0.29, 0.717) is 19.3 Å². The standard InChI is InChI=1S/C12H12BrFO4/c13-10-8(12(16)17)3-4-9(11(10)14)18-7-2-1-6(15)5-7/h3-4,6-7,15H,1-2,5H2,(H,16,17)/t6-,7+/m1/s1. The molecule has 0 aromatic heterocycles. The molecule has 2 rings (SSSR count). The quantitative estimate of drug-likeness (QED) is 0.899. The van der Waals surface area contributed by atoms with Crippen molar-refractivity contribution in [2.45, 2.75) is 31.5 Å². The second kappa shape index (κ2) is 5.24. The van der Waals surface area contributed by atoms with Crippen LogP contribution in [0.2, 0.25) is 0 Å². The van der Waals surface area contributed by atoms with Crippen LogP contribution in [0.15, 0.2) is 16.6 Å². The lowest BCUT2D eigenvalue weighted by Gasteiger charge is -2.15. The minimum absolute atomic E-state index is 0.00553. The summed E-state index contributed by atoms with van der Waals surface area (Å²) < 4.78 is 19.2. The van der Waals surface area contributed by atoms with Crippen LogP contribution in [0, 0.1) is 5.82 Å². The van der Waals surface area contributed by atoms with E-state index in [1.807, 2.05) is 0 Å². The van der Waals surface area contributed by atoms with Crippen LogP contribution in [0.3, 0.4) is 0 Å². The highest BCUT2D eigenvalue weighted by Gasteiger charge is 2.26. The molecule has 0 aliphatic heterocycles. The van der Waals surface area contributed by atoms with E-state index in [9.17, 15) is 14.3 Å². The van der Waals surface area contributed by atoms with Crippen LogP contribution in [0.5, 0.6) is 5.75 Å². The third kappa shape index (κ3) is 2.64. The number of halogens is 2. The molecular formula is C12H12BrFO4. The molecule has 1 saturated carbocycles. The average molecular weight is 319 g/mol. The van der Waals surface area contributed by atoms with Crippen molar-refractivity contribution < 1.29 is 24.1 Å². The first-order valence-electron chi connectivity index (χ1n) is 5.55. The Balaban J connectivity index is 2.19. The Labute approximate surface area is 112 Å². The molecule has 0 heterocycles. The van der Waals surface area contributed by atoms with Crippen molar-refractivity contribution in [3.8, 4) is 5.75 Å². The first kappa shape index (κ1) is 13.3. The van der Waals surface area contributed by atoms with E-state index in [2.05, 4.69) is 15.9 Å². The van der Waals surface area contributed by atoms with Gasteiger partial charge in [-0.25, -0.2) is 9.18 Å². The van der Waals surface area contributed by atoms with E-state index in [1.165, 1.54) is 12.1 Å². The number of hydrogen-bond donors (Lipinski definition) is 2. The van der Waals surface area contributed by atoms with Gasteiger partial charge in [0.05, 0.1) is 16.1 Å². The molecule has 4 nitrogen and oxygen atoms in total. The van der Waals surface area contributed by atoms with Gasteiger partial charge in [0.1, 0.15) is 6.10 Å². The summed E-state index contributed by atoms with van der Waals surface area (Å²) in [5, 5.41) is 18.2. The Morgan fingerprint density at radius 3 is 2.72 bits per heavy atom. The molecule has 18 heavy (non-hydrogen) atoms. The zero-order valence-corrected chi connectivity index (χ0v) is 11.0. The highest BCUT2D eigenvalue weighted by atomic mass is 79.9. The van der Waals surface area contributed by atoms with Gasteiger partial charge in [0.25, 0.3) is 0 Å². The Morgan fingerprint density at radius 2 is 2.17 bits per heavy atom. The maximum atomic E-state index is 13.9. The number of hydrogen-bond acceptors (Lipinski definition) is 3. The fourth-order valence-electron chi connectivity index (χ4n) is 1.99. The van der Waals surface area contributed by atoms with E-state index in [-0.39, 0.29) is 21.9 Å². The number of rotatable bonds is 3.